The Balaban J connectivity index is 1.51. The van der Waals surface area contributed by atoms with Crippen molar-refractivity contribution in [2.24, 2.45) is 0 Å². The first-order valence-corrected chi connectivity index (χ1v) is 9.86. The van der Waals surface area contributed by atoms with E-state index in [2.05, 4.69) is 22.1 Å². The number of aromatic nitrogens is 1. The van der Waals surface area contributed by atoms with Crippen molar-refractivity contribution in [3.05, 3.63) is 70.6 Å². The minimum Gasteiger partial charge on any atom is -0.350 e. The number of benzene rings is 2. The second kappa shape index (κ2) is 7.98. The van der Waals surface area contributed by atoms with Gasteiger partial charge in [-0.3, -0.25) is 14.5 Å². The minimum atomic E-state index is -0.0932. The Bertz CT molecular complexity index is 1050. The molecular formula is C23H25N3O2. The van der Waals surface area contributed by atoms with E-state index in [0.717, 1.165) is 29.6 Å². The van der Waals surface area contributed by atoms with Crippen LogP contribution in [0.25, 0.3) is 21.9 Å². The predicted octanol–water partition coefficient (Wildman–Crippen LogP) is 3.41. The van der Waals surface area contributed by atoms with E-state index < -0.39 is 0 Å². The number of hydrogen-bond acceptors (Lipinski definition) is 3. The fourth-order valence-corrected chi connectivity index (χ4v) is 3.87. The Hall–Kier alpha value is -2.92. The van der Waals surface area contributed by atoms with E-state index in [1.165, 1.54) is 12.8 Å². The van der Waals surface area contributed by atoms with E-state index in [1.54, 1.807) is 6.20 Å². The summed E-state index contributed by atoms with van der Waals surface area (Å²) >= 11 is 0. The number of amides is 1. The Morgan fingerprint density at radius 1 is 1.11 bits per heavy atom. The van der Waals surface area contributed by atoms with Crippen LogP contribution in [0, 0.1) is 0 Å². The van der Waals surface area contributed by atoms with Gasteiger partial charge in [-0.05, 0) is 79.7 Å². The molecule has 5 heteroatoms. The lowest BCUT2D eigenvalue weighted by Gasteiger charge is -2.23. The largest absolute Gasteiger partial charge is 0.350 e. The molecule has 144 valence electrons. The van der Waals surface area contributed by atoms with Crippen molar-refractivity contribution < 1.29 is 4.79 Å². The first-order chi connectivity index (χ1) is 13.6. The predicted molar refractivity (Wildman–Crippen MR) is 113 cm³/mol. The fourth-order valence-electron chi connectivity index (χ4n) is 3.87. The summed E-state index contributed by atoms with van der Waals surface area (Å²) in [7, 11) is 0. The van der Waals surface area contributed by atoms with E-state index >= 15 is 0 Å². The van der Waals surface area contributed by atoms with Crippen LogP contribution in [-0.4, -0.2) is 41.5 Å². The maximum absolute atomic E-state index is 12.6. The van der Waals surface area contributed by atoms with Gasteiger partial charge in [-0.25, -0.2) is 0 Å². The Kier molecular flexibility index (Phi) is 5.26. The molecule has 2 heterocycles. The molecule has 1 amide bonds. The highest BCUT2D eigenvalue weighted by Crippen LogP contribution is 2.24. The zero-order valence-electron chi connectivity index (χ0n) is 16.1. The van der Waals surface area contributed by atoms with Gasteiger partial charge in [-0.15, -0.1) is 0 Å². The quantitative estimate of drug-likeness (QED) is 0.718. The average Bonchev–Trinajstić information content (AvgIpc) is 3.27. The third-order valence-electron chi connectivity index (χ3n) is 5.55. The SMILES string of the molecule is C[C@H](CNC(=O)c1cccc(-c2ccc3c(=O)[nH]ccc3c2)c1)N1CCCC1. The molecule has 1 aliphatic rings. The number of fused-ring (bicyclic) bond motifs is 1. The number of nitrogens with zero attached hydrogens (tertiary/aromatic N) is 1. The number of pyridine rings is 1. The summed E-state index contributed by atoms with van der Waals surface area (Å²) in [4.78, 5) is 29.6. The van der Waals surface area contributed by atoms with E-state index in [9.17, 15) is 9.59 Å². The number of nitrogens with one attached hydrogen (secondary N) is 2. The second-order valence-corrected chi connectivity index (χ2v) is 7.49. The standard InChI is InChI=1S/C23H25N3O2/c1-16(26-11-2-3-12-26)15-25-22(27)20-6-4-5-17(14-20)18-7-8-21-19(13-18)9-10-24-23(21)28/h4-10,13-14,16H,2-3,11-12,15H2,1H3,(H,24,28)(H,25,27)/t16-/m1/s1. The van der Waals surface area contributed by atoms with Crippen molar-refractivity contribution in [2.45, 2.75) is 25.8 Å². The topological polar surface area (TPSA) is 65.2 Å². The zero-order valence-corrected chi connectivity index (χ0v) is 16.1. The van der Waals surface area contributed by atoms with Gasteiger partial charge >= 0.3 is 0 Å². The third kappa shape index (κ3) is 3.85. The highest BCUT2D eigenvalue weighted by atomic mass is 16.1. The number of rotatable bonds is 5. The Morgan fingerprint density at radius 3 is 2.71 bits per heavy atom. The fraction of sp³-hybridized carbons (Fsp3) is 0.304. The number of aromatic amines is 1. The highest BCUT2D eigenvalue weighted by Gasteiger charge is 2.18. The van der Waals surface area contributed by atoms with Crippen LogP contribution in [0.5, 0.6) is 0 Å². The molecule has 1 aromatic heterocycles. The van der Waals surface area contributed by atoms with E-state index in [-0.39, 0.29) is 11.5 Å². The average molecular weight is 375 g/mol. The number of hydrogen-bond donors (Lipinski definition) is 2. The first kappa shape index (κ1) is 18.4. The molecule has 4 rings (SSSR count). The summed E-state index contributed by atoms with van der Waals surface area (Å²) in [5.41, 5.74) is 2.50. The van der Waals surface area contributed by atoms with Crippen LogP contribution >= 0.6 is 0 Å². The van der Waals surface area contributed by atoms with Crippen molar-refractivity contribution >= 4 is 16.7 Å². The lowest BCUT2D eigenvalue weighted by atomic mass is 10.00. The van der Waals surface area contributed by atoms with E-state index in [1.807, 2.05) is 48.5 Å². The maximum atomic E-state index is 12.6. The van der Waals surface area contributed by atoms with Crippen molar-refractivity contribution in [1.29, 1.82) is 0 Å². The molecule has 1 atom stereocenters. The van der Waals surface area contributed by atoms with Gasteiger partial charge in [0.2, 0.25) is 0 Å². The molecule has 0 aliphatic carbocycles. The molecule has 0 saturated carbocycles. The lowest BCUT2D eigenvalue weighted by molar-refractivity contribution is 0.0940. The van der Waals surface area contributed by atoms with Gasteiger partial charge in [0.05, 0.1) is 0 Å². The third-order valence-corrected chi connectivity index (χ3v) is 5.55. The van der Waals surface area contributed by atoms with Crippen LogP contribution in [0.2, 0.25) is 0 Å². The van der Waals surface area contributed by atoms with Gasteiger partial charge in [-0.1, -0.05) is 18.2 Å². The number of carbonyl (C=O) groups excluding carboxylic acids is 1. The molecule has 0 bridgehead atoms. The molecular weight excluding hydrogens is 350 g/mol. The molecule has 3 aromatic rings. The molecule has 1 fully saturated rings. The zero-order chi connectivity index (χ0) is 19.5. The normalized spacial score (nSPS) is 15.6. The Labute approximate surface area is 164 Å². The molecule has 2 N–H and O–H groups in total. The molecule has 1 aliphatic heterocycles. The van der Waals surface area contributed by atoms with E-state index in [0.29, 0.717) is 23.5 Å². The van der Waals surface area contributed by atoms with Crippen LogP contribution in [-0.2, 0) is 0 Å². The molecule has 0 unspecified atom stereocenters. The van der Waals surface area contributed by atoms with Gasteiger partial charge in [-0.2, -0.15) is 0 Å². The van der Waals surface area contributed by atoms with Crippen molar-refractivity contribution in [2.75, 3.05) is 19.6 Å². The van der Waals surface area contributed by atoms with Gasteiger partial charge in [0.25, 0.3) is 11.5 Å². The minimum absolute atomic E-state index is 0.0508. The maximum Gasteiger partial charge on any atom is 0.255 e. The summed E-state index contributed by atoms with van der Waals surface area (Å²) < 4.78 is 0. The smallest absolute Gasteiger partial charge is 0.255 e. The monoisotopic (exact) mass is 375 g/mol. The van der Waals surface area contributed by atoms with Crippen molar-refractivity contribution in [3.8, 4) is 11.1 Å². The molecule has 28 heavy (non-hydrogen) atoms. The van der Waals surface area contributed by atoms with Gasteiger partial charge < -0.3 is 10.3 Å². The van der Waals surface area contributed by atoms with Gasteiger partial charge in [0.15, 0.2) is 0 Å². The molecule has 2 aromatic carbocycles. The van der Waals surface area contributed by atoms with Crippen LogP contribution in [0.4, 0.5) is 0 Å². The van der Waals surface area contributed by atoms with Gasteiger partial charge in [0.1, 0.15) is 0 Å². The highest BCUT2D eigenvalue weighted by molar-refractivity contribution is 5.96. The summed E-state index contributed by atoms with van der Waals surface area (Å²) in [5.74, 6) is -0.0508. The number of likely N-dealkylation sites (tertiary alicyclic amines) is 1. The van der Waals surface area contributed by atoms with Crippen LogP contribution in [0.1, 0.15) is 30.1 Å². The summed E-state index contributed by atoms with van der Waals surface area (Å²) in [5, 5.41) is 4.61. The van der Waals surface area contributed by atoms with Crippen LogP contribution in [0.3, 0.4) is 0 Å². The lowest BCUT2D eigenvalue weighted by Crippen LogP contribution is -2.40. The summed E-state index contributed by atoms with van der Waals surface area (Å²) in [6.07, 6.45) is 4.15. The molecule has 0 radical (unpaired) electrons. The van der Waals surface area contributed by atoms with Crippen molar-refractivity contribution in [3.63, 3.8) is 0 Å². The molecule has 1 saturated heterocycles. The van der Waals surface area contributed by atoms with E-state index in [4.69, 9.17) is 0 Å². The van der Waals surface area contributed by atoms with Crippen LogP contribution < -0.4 is 10.9 Å². The van der Waals surface area contributed by atoms with Crippen LogP contribution in [0.15, 0.2) is 59.5 Å². The molecule has 0 spiro atoms. The summed E-state index contributed by atoms with van der Waals surface area (Å²) in [6, 6.07) is 15.6. The second-order valence-electron chi connectivity index (χ2n) is 7.49. The Morgan fingerprint density at radius 2 is 1.89 bits per heavy atom. The molecule has 5 nitrogen and oxygen atoms in total. The van der Waals surface area contributed by atoms with Gasteiger partial charge in [0, 0.05) is 29.7 Å². The number of H-pyrrole nitrogens is 1. The van der Waals surface area contributed by atoms with Crippen molar-refractivity contribution in [1.82, 2.24) is 15.2 Å². The number of carbonyl (C=O) groups is 1. The summed E-state index contributed by atoms with van der Waals surface area (Å²) in [6.45, 7) is 5.06. The first-order valence-electron chi connectivity index (χ1n) is 9.86.